The molecular weight excluding hydrogens is 336 g/mol. The molecule has 0 N–H and O–H groups in total. The van der Waals surface area contributed by atoms with Crippen LogP contribution in [0, 0.1) is 0 Å². The number of Topliss-reactive ketones (excluding diaryl/α,β-unsaturated/α-hetero) is 1. The second-order valence-corrected chi connectivity index (χ2v) is 5.53. The van der Waals surface area contributed by atoms with E-state index in [1.165, 1.54) is 6.92 Å². The molecule has 0 spiro atoms. The molecule has 0 saturated heterocycles. The van der Waals surface area contributed by atoms with Gasteiger partial charge >= 0.3 is 0 Å². The van der Waals surface area contributed by atoms with Gasteiger partial charge in [0.25, 0.3) is 0 Å². The SMILES string of the molecule is CC(=O)c1ccc(OCc2ccc3c(c2)OCO3)cc1Br. The van der Waals surface area contributed by atoms with Crippen LogP contribution in [-0.2, 0) is 6.61 Å². The van der Waals surface area contributed by atoms with Gasteiger partial charge in [-0.25, -0.2) is 0 Å². The number of ether oxygens (including phenoxy) is 3. The van der Waals surface area contributed by atoms with E-state index in [1.54, 1.807) is 18.2 Å². The molecule has 1 aliphatic heterocycles. The average Bonchev–Trinajstić information content (AvgIpc) is 2.92. The minimum atomic E-state index is 0.0178. The zero-order chi connectivity index (χ0) is 14.8. The Balaban J connectivity index is 1.70. The van der Waals surface area contributed by atoms with Crippen LogP contribution in [-0.4, -0.2) is 12.6 Å². The predicted octanol–water partition coefficient (Wildman–Crippen LogP) is 3.96. The first-order valence-corrected chi connectivity index (χ1v) is 7.24. The van der Waals surface area contributed by atoms with Crippen molar-refractivity contribution >= 4 is 21.7 Å². The number of hydrogen-bond acceptors (Lipinski definition) is 4. The first-order chi connectivity index (χ1) is 10.1. The molecule has 0 aromatic heterocycles. The highest BCUT2D eigenvalue weighted by molar-refractivity contribution is 9.10. The molecule has 0 unspecified atom stereocenters. The molecule has 0 amide bonds. The third-order valence-corrected chi connectivity index (χ3v) is 3.82. The highest BCUT2D eigenvalue weighted by Crippen LogP contribution is 2.33. The molecule has 2 aromatic carbocycles. The van der Waals surface area contributed by atoms with E-state index in [4.69, 9.17) is 14.2 Å². The Morgan fingerprint density at radius 2 is 2.00 bits per heavy atom. The molecule has 4 nitrogen and oxygen atoms in total. The summed E-state index contributed by atoms with van der Waals surface area (Å²) in [5, 5.41) is 0. The Hall–Kier alpha value is -2.01. The fraction of sp³-hybridized carbons (Fsp3) is 0.188. The van der Waals surface area contributed by atoms with Crippen molar-refractivity contribution in [3.05, 3.63) is 52.0 Å². The van der Waals surface area contributed by atoms with Crippen molar-refractivity contribution in [2.45, 2.75) is 13.5 Å². The largest absolute Gasteiger partial charge is 0.489 e. The van der Waals surface area contributed by atoms with E-state index in [2.05, 4.69) is 15.9 Å². The van der Waals surface area contributed by atoms with Crippen molar-refractivity contribution in [1.29, 1.82) is 0 Å². The lowest BCUT2D eigenvalue weighted by atomic mass is 10.1. The minimum Gasteiger partial charge on any atom is -0.489 e. The van der Waals surface area contributed by atoms with Crippen molar-refractivity contribution in [2.75, 3.05) is 6.79 Å². The van der Waals surface area contributed by atoms with Crippen LogP contribution in [0.4, 0.5) is 0 Å². The average molecular weight is 349 g/mol. The Labute approximate surface area is 130 Å². The molecule has 0 saturated carbocycles. The van der Waals surface area contributed by atoms with Crippen LogP contribution in [0.2, 0.25) is 0 Å². The zero-order valence-electron chi connectivity index (χ0n) is 11.4. The van der Waals surface area contributed by atoms with Crippen molar-refractivity contribution in [1.82, 2.24) is 0 Å². The van der Waals surface area contributed by atoms with Gasteiger partial charge in [-0.2, -0.15) is 0 Å². The van der Waals surface area contributed by atoms with Gasteiger partial charge in [-0.15, -0.1) is 0 Å². The van der Waals surface area contributed by atoms with Gasteiger partial charge in [-0.1, -0.05) is 6.07 Å². The Kier molecular flexibility index (Phi) is 3.84. The summed E-state index contributed by atoms with van der Waals surface area (Å²) < 4.78 is 17.1. The van der Waals surface area contributed by atoms with Gasteiger partial charge in [0.1, 0.15) is 12.4 Å². The number of carbonyl (C=O) groups excluding carboxylic acids is 1. The van der Waals surface area contributed by atoms with E-state index in [1.807, 2.05) is 18.2 Å². The maximum absolute atomic E-state index is 11.4. The van der Waals surface area contributed by atoms with E-state index in [-0.39, 0.29) is 12.6 Å². The van der Waals surface area contributed by atoms with Crippen LogP contribution in [0.25, 0.3) is 0 Å². The molecule has 5 heteroatoms. The van der Waals surface area contributed by atoms with Gasteiger partial charge < -0.3 is 14.2 Å². The Morgan fingerprint density at radius 1 is 1.19 bits per heavy atom. The molecule has 2 aromatic rings. The molecule has 0 radical (unpaired) electrons. The highest BCUT2D eigenvalue weighted by Gasteiger charge is 2.13. The Morgan fingerprint density at radius 3 is 2.76 bits per heavy atom. The molecule has 108 valence electrons. The highest BCUT2D eigenvalue weighted by atomic mass is 79.9. The van der Waals surface area contributed by atoms with Crippen LogP contribution >= 0.6 is 15.9 Å². The summed E-state index contributed by atoms with van der Waals surface area (Å²) in [5.41, 5.74) is 1.64. The maximum atomic E-state index is 11.4. The fourth-order valence-electron chi connectivity index (χ4n) is 2.07. The minimum absolute atomic E-state index is 0.0178. The molecule has 1 heterocycles. The molecular formula is C16H13BrO4. The monoisotopic (exact) mass is 348 g/mol. The summed E-state index contributed by atoms with van der Waals surface area (Å²) in [7, 11) is 0. The van der Waals surface area contributed by atoms with Crippen molar-refractivity contribution < 1.29 is 19.0 Å². The van der Waals surface area contributed by atoms with Gasteiger partial charge in [0.2, 0.25) is 6.79 Å². The van der Waals surface area contributed by atoms with Gasteiger partial charge in [-0.3, -0.25) is 4.79 Å². The van der Waals surface area contributed by atoms with Crippen molar-refractivity contribution in [3.63, 3.8) is 0 Å². The summed E-state index contributed by atoms with van der Waals surface area (Å²) in [5.74, 6) is 2.21. The van der Waals surface area contributed by atoms with E-state index in [0.29, 0.717) is 17.9 Å². The number of ketones is 1. The molecule has 3 rings (SSSR count). The second kappa shape index (κ2) is 5.77. The summed E-state index contributed by atoms with van der Waals surface area (Å²) in [6.45, 7) is 2.22. The first kappa shape index (κ1) is 13.9. The number of fused-ring (bicyclic) bond motifs is 1. The van der Waals surface area contributed by atoms with Crippen LogP contribution in [0.1, 0.15) is 22.8 Å². The topological polar surface area (TPSA) is 44.8 Å². The van der Waals surface area contributed by atoms with Crippen molar-refractivity contribution in [3.8, 4) is 17.2 Å². The molecule has 0 bridgehead atoms. The second-order valence-electron chi connectivity index (χ2n) is 4.67. The van der Waals surface area contributed by atoms with Crippen LogP contribution in [0.5, 0.6) is 17.2 Å². The normalized spacial score (nSPS) is 12.3. The molecule has 0 atom stereocenters. The number of hydrogen-bond donors (Lipinski definition) is 0. The molecule has 0 fully saturated rings. The predicted molar refractivity (Wildman–Crippen MR) is 81.0 cm³/mol. The number of halogens is 1. The van der Waals surface area contributed by atoms with Crippen LogP contribution < -0.4 is 14.2 Å². The van der Waals surface area contributed by atoms with Crippen LogP contribution in [0.15, 0.2) is 40.9 Å². The lowest BCUT2D eigenvalue weighted by Crippen LogP contribution is -1.98. The van der Waals surface area contributed by atoms with Gasteiger partial charge in [-0.05, 0) is 58.7 Å². The summed E-state index contributed by atoms with van der Waals surface area (Å²) in [4.78, 5) is 11.4. The zero-order valence-corrected chi connectivity index (χ0v) is 13.0. The smallest absolute Gasteiger partial charge is 0.231 e. The van der Waals surface area contributed by atoms with E-state index < -0.39 is 0 Å². The lowest BCUT2D eigenvalue weighted by molar-refractivity contribution is 0.101. The molecule has 0 aliphatic carbocycles. The number of rotatable bonds is 4. The lowest BCUT2D eigenvalue weighted by Gasteiger charge is -2.09. The van der Waals surface area contributed by atoms with Gasteiger partial charge in [0.05, 0.1) is 0 Å². The summed E-state index contributed by atoms with van der Waals surface area (Å²) in [6.07, 6.45) is 0. The summed E-state index contributed by atoms with van der Waals surface area (Å²) >= 11 is 3.38. The van der Waals surface area contributed by atoms with E-state index in [0.717, 1.165) is 21.5 Å². The number of benzene rings is 2. The van der Waals surface area contributed by atoms with E-state index in [9.17, 15) is 4.79 Å². The van der Waals surface area contributed by atoms with E-state index >= 15 is 0 Å². The fourth-order valence-corrected chi connectivity index (χ4v) is 2.71. The standard InChI is InChI=1S/C16H13BrO4/c1-10(18)13-4-3-12(7-14(13)17)19-8-11-2-5-15-16(6-11)21-9-20-15/h2-7H,8-9H2,1H3. The van der Waals surface area contributed by atoms with Crippen LogP contribution in [0.3, 0.4) is 0 Å². The molecule has 1 aliphatic rings. The molecule has 21 heavy (non-hydrogen) atoms. The quantitative estimate of drug-likeness (QED) is 0.784. The third-order valence-electron chi connectivity index (χ3n) is 3.16. The Bertz CT molecular complexity index is 697. The number of carbonyl (C=O) groups is 1. The maximum Gasteiger partial charge on any atom is 0.231 e. The van der Waals surface area contributed by atoms with Gasteiger partial charge in [0, 0.05) is 10.0 Å². The summed E-state index contributed by atoms with van der Waals surface area (Å²) in [6, 6.07) is 11.0. The van der Waals surface area contributed by atoms with Gasteiger partial charge in [0.15, 0.2) is 17.3 Å². The van der Waals surface area contributed by atoms with Crippen molar-refractivity contribution in [2.24, 2.45) is 0 Å². The first-order valence-electron chi connectivity index (χ1n) is 6.45. The third kappa shape index (κ3) is 3.03.